The van der Waals surface area contributed by atoms with Crippen molar-refractivity contribution in [1.29, 1.82) is 0 Å². The molecule has 0 unspecified atom stereocenters. The molecule has 1 fully saturated rings. The fourth-order valence-electron chi connectivity index (χ4n) is 3.32. The molecule has 2 aromatic rings. The third-order valence-corrected chi connectivity index (χ3v) is 4.57. The number of nitrogens with two attached hydrogens (primary N) is 1. The van der Waals surface area contributed by atoms with Crippen LogP contribution in [0.4, 0.5) is 5.69 Å². The molecule has 0 bridgehead atoms. The summed E-state index contributed by atoms with van der Waals surface area (Å²) in [5.41, 5.74) is 9.31. The highest BCUT2D eigenvalue weighted by Crippen LogP contribution is 2.42. The topological polar surface area (TPSA) is 43.8 Å². The molecule has 0 saturated heterocycles. The van der Waals surface area contributed by atoms with E-state index in [4.69, 9.17) is 5.73 Å². The molecule has 0 aliphatic heterocycles. The zero-order valence-electron chi connectivity index (χ0n) is 11.0. The van der Waals surface area contributed by atoms with Crippen molar-refractivity contribution in [3.05, 3.63) is 24.5 Å². The van der Waals surface area contributed by atoms with Gasteiger partial charge in [0, 0.05) is 12.2 Å². The standard InChI is InChI=1S/C15H21N3/c1-2-15(7-3-4-8-15)10-18-11-17-13-9-12(16)5-6-14(13)18/h5-6,9,11H,2-4,7-8,10,16H2,1H3. The smallest absolute Gasteiger partial charge is 0.0958 e. The van der Waals surface area contributed by atoms with E-state index in [1.165, 1.54) is 37.6 Å². The highest BCUT2D eigenvalue weighted by Gasteiger charge is 2.32. The third-order valence-electron chi connectivity index (χ3n) is 4.57. The molecule has 2 N–H and O–H groups in total. The molecule has 3 heteroatoms. The molecule has 0 spiro atoms. The van der Waals surface area contributed by atoms with Gasteiger partial charge in [-0.1, -0.05) is 19.8 Å². The quantitative estimate of drug-likeness (QED) is 0.837. The number of rotatable bonds is 3. The Morgan fingerprint density at radius 3 is 2.83 bits per heavy atom. The van der Waals surface area contributed by atoms with Gasteiger partial charge in [0.2, 0.25) is 0 Å². The number of aromatic nitrogens is 2. The highest BCUT2D eigenvalue weighted by molar-refractivity contribution is 5.78. The summed E-state index contributed by atoms with van der Waals surface area (Å²) in [6.07, 6.45) is 8.72. The average Bonchev–Trinajstić information content (AvgIpc) is 2.98. The minimum atomic E-state index is 0.495. The Morgan fingerprint density at radius 1 is 1.33 bits per heavy atom. The highest BCUT2D eigenvalue weighted by atomic mass is 15.1. The average molecular weight is 243 g/mol. The van der Waals surface area contributed by atoms with Crippen molar-refractivity contribution < 1.29 is 0 Å². The van der Waals surface area contributed by atoms with Crippen molar-refractivity contribution in [1.82, 2.24) is 9.55 Å². The lowest BCUT2D eigenvalue weighted by Crippen LogP contribution is -2.22. The fourth-order valence-corrected chi connectivity index (χ4v) is 3.32. The van der Waals surface area contributed by atoms with Gasteiger partial charge in [-0.25, -0.2) is 4.98 Å². The van der Waals surface area contributed by atoms with Crippen LogP contribution in [0.2, 0.25) is 0 Å². The lowest BCUT2D eigenvalue weighted by atomic mass is 9.83. The summed E-state index contributed by atoms with van der Waals surface area (Å²) in [7, 11) is 0. The van der Waals surface area contributed by atoms with Crippen LogP contribution in [0, 0.1) is 5.41 Å². The molecule has 0 amide bonds. The molecular weight excluding hydrogens is 222 g/mol. The maximum absolute atomic E-state index is 5.80. The van der Waals surface area contributed by atoms with Gasteiger partial charge < -0.3 is 10.3 Å². The number of nitrogens with zero attached hydrogens (tertiary/aromatic N) is 2. The van der Waals surface area contributed by atoms with E-state index in [1.807, 2.05) is 18.5 Å². The van der Waals surface area contributed by atoms with E-state index in [9.17, 15) is 0 Å². The van der Waals surface area contributed by atoms with Crippen LogP contribution in [0.5, 0.6) is 0 Å². The molecule has 1 aliphatic carbocycles. The normalized spacial score (nSPS) is 18.5. The largest absolute Gasteiger partial charge is 0.399 e. The van der Waals surface area contributed by atoms with E-state index in [-0.39, 0.29) is 0 Å². The molecule has 1 saturated carbocycles. The molecule has 0 radical (unpaired) electrons. The molecule has 18 heavy (non-hydrogen) atoms. The summed E-state index contributed by atoms with van der Waals surface area (Å²) in [5.74, 6) is 0. The van der Waals surface area contributed by atoms with Crippen molar-refractivity contribution in [3.63, 3.8) is 0 Å². The number of nitrogen functional groups attached to an aromatic ring is 1. The maximum Gasteiger partial charge on any atom is 0.0958 e. The fraction of sp³-hybridized carbons (Fsp3) is 0.533. The molecule has 1 heterocycles. The van der Waals surface area contributed by atoms with Crippen molar-refractivity contribution in [2.45, 2.75) is 45.6 Å². The predicted octanol–water partition coefficient (Wildman–Crippen LogP) is 3.59. The van der Waals surface area contributed by atoms with Gasteiger partial charge in [-0.05, 0) is 42.9 Å². The number of hydrogen-bond acceptors (Lipinski definition) is 2. The number of benzene rings is 1. The summed E-state index contributed by atoms with van der Waals surface area (Å²) in [6.45, 7) is 3.42. The molecule has 96 valence electrons. The molecule has 3 nitrogen and oxygen atoms in total. The first-order chi connectivity index (χ1) is 8.72. The zero-order valence-corrected chi connectivity index (χ0v) is 11.0. The predicted molar refractivity (Wildman–Crippen MR) is 75.3 cm³/mol. The molecule has 1 aromatic heterocycles. The maximum atomic E-state index is 5.80. The van der Waals surface area contributed by atoms with E-state index in [2.05, 4.69) is 22.5 Å². The van der Waals surface area contributed by atoms with Crippen LogP contribution in [0.15, 0.2) is 24.5 Å². The number of hydrogen-bond donors (Lipinski definition) is 1. The number of anilines is 1. The van der Waals surface area contributed by atoms with Crippen molar-refractivity contribution in [2.75, 3.05) is 5.73 Å². The summed E-state index contributed by atoms with van der Waals surface area (Å²) in [4.78, 5) is 4.47. The molecule has 1 aliphatic rings. The molecule has 1 aromatic carbocycles. The Hall–Kier alpha value is -1.51. The Kier molecular flexibility index (Phi) is 2.77. The van der Waals surface area contributed by atoms with Gasteiger partial charge in [-0.3, -0.25) is 0 Å². The van der Waals surface area contributed by atoms with Crippen LogP contribution in [0.3, 0.4) is 0 Å². The van der Waals surface area contributed by atoms with Gasteiger partial charge in [-0.15, -0.1) is 0 Å². The zero-order chi connectivity index (χ0) is 12.6. The second-order valence-electron chi connectivity index (χ2n) is 5.68. The van der Waals surface area contributed by atoms with Gasteiger partial charge in [0.25, 0.3) is 0 Å². The summed E-state index contributed by atoms with van der Waals surface area (Å²) < 4.78 is 2.31. The number of imidazole rings is 1. The van der Waals surface area contributed by atoms with Gasteiger partial charge >= 0.3 is 0 Å². The Labute approximate surface area is 108 Å². The lowest BCUT2D eigenvalue weighted by molar-refractivity contribution is 0.240. The van der Waals surface area contributed by atoms with E-state index < -0.39 is 0 Å². The van der Waals surface area contributed by atoms with Crippen LogP contribution in [-0.2, 0) is 6.54 Å². The van der Waals surface area contributed by atoms with Gasteiger partial charge in [-0.2, -0.15) is 0 Å². The Balaban J connectivity index is 1.95. The van der Waals surface area contributed by atoms with Crippen LogP contribution in [-0.4, -0.2) is 9.55 Å². The summed E-state index contributed by atoms with van der Waals surface area (Å²) in [5, 5.41) is 0. The molecule has 0 atom stereocenters. The second-order valence-corrected chi connectivity index (χ2v) is 5.68. The first-order valence-electron chi connectivity index (χ1n) is 6.93. The third kappa shape index (κ3) is 1.88. The van der Waals surface area contributed by atoms with Crippen molar-refractivity contribution in [2.24, 2.45) is 5.41 Å². The summed E-state index contributed by atoms with van der Waals surface area (Å²) in [6, 6.07) is 6.02. The lowest BCUT2D eigenvalue weighted by Gasteiger charge is -2.28. The van der Waals surface area contributed by atoms with Crippen molar-refractivity contribution in [3.8, 4) is 0 Å². The van der Waals surface area contributed by atoms with Crippen LogP contribution in [0.25, 0.3) is 11.0 Å². The number of fused-ring (bicyclic) bond motifs is 1. The van der Waals surface area contributed by atoms with E-state index in [0.717, 1.165) is 17.7 Å². The first kappa shape index (κ1) is 11.6. The van der Waals surface area contributed by atoms with Crippen LogP contribution < -0.4 is 5.73 Å². The van der Waals surface area contributed by atoms with Crippen LogP contribution >= 0.6 is 0 Å². The monoisotopic (exact) mass is 243 g/mol. The molecule has 3 rings (SSSR count). The second kappa shape index (κ2) is 4.30. The van der Waals surface area contributed by atoms with Gasteiger partial charge in [0.05, 0.1) is 17.4 Å². The van der Waals surface area contributed by atoms with E-state index >= 15 is 0 Å². The Morgan fingerprint density at radius 2 is 2.11 bits per heavy atom. The van der Waals surface area contributed by atoms with E-state index in [0.29, 0.717) is 5.41 Å². The van der Waals surface area contributed by atoms with Crippen LogP contribution in [0.1, 0.15) is 39.0 Å². The SMILES string of the molecule is CCC1(Cn2cnc3cc(N)ccc32)CCCC1. The Bertz CT molecular complexity index is 550. The van der Waals surface area contributed by atoms with Gasteiger partial charge in [0.1, 0.15) is 0 Å². The first-order valence-corrected chi connectivity index (χ1v) is 6.93. The molecular formula is C15H21N3. The minimum absolute atomic E-state index is 0.495. The van der Waals surface area contributed by atoms with E-state index in [1.54, 1.807) is 0 Å². The van der Waals surface area contributed by atoms with Crippen molar-refractivity contribution >= 4 is 16.7 Å². The van der Waals surface area contributed by atoms with Gasteiger partial charge in [0.15, 0.2) is 0 Å². The summed E-state index contributed by atoms with van der Waals surface area (Å²) >= 11 is 0. The minimum Gasteiger partial charge on any atom is -0.399 e.